The van der Waals surface area contributed by atoms with E-state index in [9.17, 15) is 9.59 Å². The molecule has 6 heteroatoms. The summed E-state index contributed by atoms with van der Waals surface area (Å²) in [5, 5.41) is 6.44. The van der Waals surface area contributed by atoms with Gasteiger partial charge < -0.3 is 5.32 Å². The van der Waals surface area contributed by atoms with Crippen LogP contribution in [0, 0.1) is 0 Å². The average molecular weight is 341 g/mol. The van der Waals surface area contributed by atoms with Crippen LogP contribution in [-0.2, 0) is 16.0 Å². The molecule has 124 valence electrons. The fourth-order valence-corrected chi connectivity index (χ4v) is 2.34. The van der Waals surface area contributed by atoms with E-state index < -0.39 is 0 Å². The predicted molar refractivity (Wildman–Crippen MR) is 97.1 cm³/mol. The van der Waals surface area contributed by atoms with Gasteiger partial charge in [0.15, 0.2) is 0 Å². The van der Waals surface area contributed by atoms with Gasteiger partial charge in [0.1, 0.15) is 0 Å². The third-order valence-electron chi connectivity index (χ3n) is 3.17. The van der Waals surface area contributed by atoms with Crippen LogP contribution < -0.4 is 10.7 Å². The third kappa shape index (κ3) is 6.26. The van der Waals surface area contributed by atoms with Gasteiger partial charge in [-0.15, -0.1) is 11.8 Å². The molecule has 0 heterocycles. The third-order valence-corrected chi connectivity index (χ3v) is 3.92. The van der Waals surface area contributed by atoms with Crippen LogP contribution in [0.3, 0.4) is 0 Å². The van der Waals surface area contributed by atoms with Crippen molar-refractivity contribution in [3.8, 4) is 0 Å². The Bertz CT molecular complexity index is 700. The number of hydrogen-bond acceptors (Lipinski definition) is 4. The van der Waals surface area contributed by atoms with Gasteiger partial charge in [-0.2, -0.15) is 5.10 Å². The fraction of sp³-hybridized carbons (Fsp3) is 0.167. The molecular formula is C18H19N3O2S. The second-order valence-electron chi connectivity index (χ2n) is 5.01. The van der Waals surface area contributed by atoms with Gasteiger partial charge in [0.25, 0.3) is 5.91 Å². The summed E-state index contributed by atoms with van der Waals surface area (Å²) in [5.74, 6) is -0.568. The first-order chi connectivity index (χ1) is 11.7. The average Bonchev–Trinajstić information content (AvgIpc) is 2.61. The highest BCUT2D eigenvalue weighted by molar-refractivity contribution is 7.98. The first-order valence-corrected chi connectivity index (χ1v) is 8.66. The highest BCUT2D eigenvalue weighted by Gasteiger charge is 2.05. The number of amides is 2. The molecular weight excluding hydrogens is 322 g/mol. The minimum absolute atomic E-state index is 0.103. The van der Waals surface area contributed by atoms with Crippen molar-refractivity contribution in [1.82, 2.24) is 10.7 Å². The molecule has 0 saturated heterocycles. The molecule has 0 aromatic heterocycles. The number of benzene rings is 2. The van der Waals surface area contributed by atoms with Gasteiger partial charge in [-0.05, 0) is 29.5 Å². The van der Waals surface area contributed by atoms with Crippen LogP contribution in [-0.4, -0.2) is 30.8 Å². The van der Waals surface area contributed by atoms with E-state index in [-0.39, 0.29) is 24.8 Å². The van der Waals surface area contributed by atoms with Crippen molar-refractivity contribution in [2.24, 2.45) is 5.10 Å². The van der Waals surface area contributed by atoms with Gasteiger partial charge in [-0.1, -0.05) is 42.5 Å². The zero-order chi connectivity index (χ0) is 17.2. The summed E-state index contributed by atoms with van der Waals surface area (Å²) in [6.07, 6.45) is 3.82. The summed E-state index contributed by atoms with van der Waals surface area (Å²) in [6.45, 7) is -0.103. The summed E-state index contributed by atoms with van der Waals surface area (Å²) in [4.78, 5) is 24.6. The molecule has 0 aliphatic heterocycles. The number of nitrogens with zero attached hydrogens (tertiary/aromatic N) is 1. The molecule has 0 fully saturated rings. The molecule has 2 aromatic rings. The predicted octanol–water partition coefficient (Wildman–Crippen LogP) is 2.22. The Morgan fingerprint density at radius 2 is 1.75 bits per heavy atom. The van der Waals surface area contributed by atoms with Crippen molar-refractivity contribution < 1.29 is 9.59 Å². The summed E-state index contributed by atoms with van der Waals surface area (Å²) in [5.41, 5.74) is 4.18. The van der Waals surface area contributed by atoms with E-state index in [1.165, 1.54) is 0 Å². The number of hydrogen-bond donors (Lipinski definition) is 2. The highest BCUT2D eigenvalue weighted by atomic mass is 32.2. The fourth-order valence-electron chi connectivity index (χ4n) is 1.93. The van der Waals surface area contributed by atoms with Crippen LogP contribution in [0.4, 0.5) is 0 Å². The molecule has 5 nitrogen and oxygen atoms in total. The molecule has 0 spiro atoms. The van der Waals surface area contributed by atoms with Gasteiger partial charge in [-0.3, -0.25) is 9.59 Å². The van der Waals surface area contributed by atoms with Crippen molar-refractivity contribution in [2.75, 3.05) is 12.8 Å². The van der Waals surface area contributed by atoms with E-state index in [2.05, 4.69) is 15.8 Å². The monoisotopic (exact) mass is 341 g/mol. The van der Waals surface area contributed by atoms with Crippen LogP contribution in [0.15, 0.2) is 64.6 Å². The first-order valence-electron chi connectivity index (χ1n) is 7.44. The van der Waals surface area contributed by atoms with Gasteiger partial charge in [0.05, 0.1) is 19.2 Å². The van der Waals surface area contributed by atoms with E-state index >= 15 is 0 Å². The zero-order valence-corrected chi connectivity index (χ0v) is 14.2. The molecule has 0 unspecified atom stereocenters. The quantitative estimate of drug-likeness (QED) is 0.461. The van der Waals surface area contributed by atoms with Gasteiger partial charge in [0.2, 0.25) is 5.91 Å². The van der Waals surface area contributed by atoms with Crippen LogP contribution in [0.1, 0.15) is 11.1 Å². The number of carbonyl (C=O) groups excluding carboxylic acids is 2. The van der Waals surface area contributed by atoms with Crippen LogP contribution in [0.25, 0.3) is 0 Å². The molecule has 0 saturated carbocycles. The topological polar surface area (TPSA) is 70.6 Å². The lowest BCUT2D eigenvalue weighted by Crippen LogP contribution is -2.35. The van der Waals surface area contributed by atoms with Crippen molar-refractivity contribution in [2.45, 2.75) is 11.3 Å². The Labute approximate surface area is 145 Å². The lowest BCUT2D eigenvalue weighted by molar-refractivity contribution is -0.125. The molecule has 0 aliphatic rings. The zero-order valence-electron chi connectivity index (χ0n) is 13.4. The van der Waals surface area contributed by atoms with Crippen molar-refractivity contribution in [1.29, 1.82) is 0 Å². The maximum Gasteiger partial charge on any atom is 0.259 e. The van der Waals surface area contributed by atoms with Crippen molar-refractivity contribution in [3.63, 3.8) is 0 Å². The first kappa shape index (κ1) is 17.7. The molecule has 24 heavy (non-hydrogen) atoms. The van der Waals surface area contributed by atoms with Crippen LogP contribution in [0.2, 0.25) is 0 Å². The Morgan fingerprint density at radius 3 is 2.42 bits per heavy atom. The van der Waals surface area contributed by atoms with E-state index in [0.29, 0.717) is 0 Å². The Balaban J connectivity index is 1.70. The summed E-state index contributed by atoms with van der Waals surface area (Å²) in [7, 11) is 0. The van der Waals surface area contributed by atoms with E-state index in [1.54, 1.807) is 18.0 Å². The van der Waals surface area contributed by atoms with Crippen molar-refractivity contribution >= 4 is 29.8 Å². The minimum atomic E-state index is -0.367. The maximum absolute atomic E-state index is 11.7. The second-order valence-corrected chi connectivity index (χ2v) is 5.89. The minimum Gasteiger partial charge on any atom is -0.347 e. The molecule has 0 bridgehead atoms. The normalized spacial score (nSPS) is 10.5. The van der Waals surface area contributed by atoms with Gasteiger partial charge >= 0.3 is 0 Å². The molecule has 2 rings (SSSR count). The number of hydrazone groups is 1. The molecule has 0 aliphatic carbocycles. The lowest BCUT2D eigenvalue weighted by atomic mass is 10.1. The molecule has 2 amide bonds. The second kappa shape index (κ2) is 9.52. The Hall–Kier alpha value is -2.60. The van der Waals surface area contributed by atoms with Crippen LogP contribution in [0.5, 0.6) is 0 Å². The molecule has 0 radical (unpaired) electrons. The number of thioether (sulfide) groups is 1. The van der Waals surface area contributed by atoms with Crippen LogP contribution >= 0.6 is 11.8 Å². The smallest absolute Gasteiger partial charge is 0.259 e. The summed E-state index contributed by atoms with van der Waals surface area (Å²) < 4.78 is 0. The molecule has 2 aromatic carbocycles. The number of carbonyl (C=O) groups is 2. The summed E-state index contributed by atoms with van der Waals surface area (Å²) in [6, 6.07) is 17.2. The van der Waals surface area contributed by atoms with E-state index in [4.69, 9.17) is 0 Å². The Morgan fingerprint density at radius 1 is 1.04 bits per heavy atom. The summed E-state index contributed by atoms with van der Waals surface area (Å²) >= 11 is 1.66. The molecule has 2 N–H and O–H groups in total. The van der Waals surface area contributed by atoms with E-state index in [0.717, 1.165) is 16.0 Å². The lowest BCUT2D eigenvalue weighted by Gasteiger charge is -2.04. The highest BCUT2D eigenvalue weighted by Crippen LogP contribution is 2.13. The van der Waals surface area contributed by atoms with E-state index in [1.807, 2.05) is 60.9 Å². The number of rotatable bonds is 7. The largest absolute Gasteiger partial charge is 0.347 e. The number of nitrogens with one attached hydrogen (secondary N) is 2. The van der Waals surface area contributed by atoms with Crippen molar-refractivity contribution in [3.05, 3.63) is 65.7 Å². The standard InChI is InChI=1S/C18H19N3O2S/c1-24-16-9-7-15(8-10-16)12-20-21-18(23)13-19-17(22)11-14-5-3-2-4-6-14/h2-10,12H,11,13H2,1H3,(H,19,22)(H,21,23). The maximum atomic E-state index is 11.7. The van der Waals surface area contributed by atoms with Gasteiger partial charge in [-0.25, -0.2) is 5.43 Å². The Kier molecular flexibility index (Phi) is 7.04. The molecule has 0 atom stereocenters. The van der Waals surface area contributed by atoms with Gasteiger partial charge in [0, 0.05) is 4.90 Å². The SMILES string of the molecule is CSc1ccc(C=NNC(=O)CNC(=O)Cc2ccccc2)cc1.